The highest BCUT2D eigenvalue weighted by Crippen LogP contribution is 2.10. The number of carboxylic acids is 1. The van der Waals surface area contributed by atoms with Gasteiger partial charge in [0.15, 0.2) is 0 Å². The Bertz CT molecular complexity index is 556. The number of benzene rings is 2. The number of rotatable bonds is 4. The average molecular weight is 266 g/mol. The second-order valence-corrected chi connectivity index (χ2v) is 4.13. The van der Waals surface area contributed by atoms with Crippen molar-refractivity contribution in [3.63, 3.8) is 0 Å². The lowest BCUT2D eigenvalue weighted by Crippen LogP contribution is -1.96. The number of aliphatic carboxylic acids is 1. The largest absolute Gasteiger partial charge is 0.478 e. The lowest BCUT2D eigenvalue weighted by atomic mass is 10.1. The lowest BCUT2D eigenvalue weighted by Gasteiger charge is -1.97. The molecule has 2 nitrogen and oxygen atoms in total. The van der Waals surface area contributed by atoms with E-state index in [1.807, 2.05) is 30.3 Å². The van der Waals surface area contributed by atoms with Crippen molar-refractivity contribution in [1.29, 1.82) is 0 Å². The van der Waals surface area contributed by atoms with E-state index in [0.717, 1.165) is 6.42 Å². The Morgan fingerprint density at radius 2 is 1.50 bits per heavy atom. The zero-order valence-corrected chi connectivity index (χ0v) is 11.3. The van der Waals surface area contributed by atoms with Crippen LogP contribution in [0.25, 0.3) is 5.57 Å². The van der Waals surface area contributed by atoms with Gasteiger partial charge in [0, 0.05) is 0 Å². The van der Waals surface area contributed by atoms with Crippen molar-refractivity contribution in [2.75, 3.05) is 0 Å². The van der Waals surface area contributed by atoms with Crippen LogP contribution in [0.3, 0.4) is 0 Å². The third-order valence-electron chi connectivity index (χ3n) is 2.60. The topological polar surface area (TPSA) is 37.3 Å². The van der Waals surface area contributed by atoms with Gasteiger partial charge in [0.2, 0.25) is 0 Å². The monoisotopic (exact) mass is 266 g/mol. The van der Waals surface area contributed by atoms with Crippen LogP contribution >= 0.6 is 0 Å². The van der Waals surface area contributed by atoms with Crippen molar-refractivity contribution in [3.8, 4) is 0 Å². The van der Waals surface area contributed by atoms with E-state index in [2.05, 4.69) is 25.3 Å². The van der Waals surface area contributed by atoms with Gasteiger partial charge in [-0.15, -0.1) is 6.58 Å². The Hall–Kier alpha value is -2.61. The summed E-state index contributed by atoms with van der Waals surface area (Å²) in [5, 5.41) is 8.54. The van der Waals surface area contributed by atoms with Crippen molar-refractivity contribution in [3.05, 3.63) is 91.0 Å². The van der Waals surface area contributed by atoms with Crippen molar-refractivity contribution >= 4 is 11.5 Å². The summed E-state index contributed by atoms with van der Waals surface area (Å²) in [5.74, 6) is -0.976. The summed E-state index contributed by atoms with van der Waals surface area (Å²) in [6.45, 7) is 7.08. The van der Waals surface area contributed by atoms with E-state index in [1.165, 1.54) is 5.56 Å². The molecule has 1 N–H and O–H groups in total. The highest BCUT2D eigenvalue weighted by Gasteiger charge is 2.04. The normalized spacial score (nSPS) is 9.00. The second-order valence-electron chi connectivity index (χ2n) is 4.13. The molecule has 0 aliphatic carbocycles. The third-order valence-corrected chi connectivity index (χ3v) is 2.60. The minimum absolute atomic E-state index is 0.130. The van der Waals surface area contributed by atoms with E-state index in [4.69, 9.17) is 5.11 Å². The highest BCUT2D eigenvalue weighted by molar-refractivity contribution is 6.14. The zero-order valence-electron chi connectivity index (χ0n) is 11.3. The Kier molecular flexibility index (Phi) is 6.55. The van der Waals surface area contributed by atoms with Gasteiger partial charge in [0.25, 0.3) is 0 Å². The van der Waals surface area contributed by atoms with Crippen LogP contribution in [0.2, 0.25) is 0 Å². The van der Waals surface area contributed by atoms with Crippen LogP contribution in [0, 0.1) is 0 Å². The Balaban J connectivity index is 0.000000204. The third kappa shape index (κ3) is 5.36. The number of carboxylic acid groups (broad SMARTS) is 1. The molecule has 0 radical (unpaired) electrons. The summed E-state index contributed by atoms with van der Waals surface area (Å²) < 4.78 is 0. The molecule has 0 saturated heterocycles. The van der Waals surface area contributed by atoms with Gasteiger partial charge < -0.3 is 5.11 Å². The van der Waals surface area contributed by atoms with Crippen molar-refractivity contribution < 1.29 is 9.90 Å². The SMILES string of the molecule is C=C(C(=O)O)c1ccccc1.C=CCc1ccccc1. The smallest absolute Gasteiger partial charge is 0.335 e. The summed E-state index contributed by atoms with van der Waals surface area (Å²) in [4.78, 5) is 10.4. The minimum atomic E-state index is -0.976. The van der Waals surface area contributed by atoms with E-state index in [0.29, 0.717) is 5.56 Å². The molecule has 0 saturated carbocycles. The van der Waals surface area contributed by atoms with Gasteiger partial charge in [-0.3, -0.25) is 0 Å². The van der Waals surface area contributed by atoms with Gasteiger partial charge in [-0.2, -0.15) is 0 Å². The van der Waals surface area contributed by atoms with E-state index < -0.39 is 5.97 Å². The van der Waals surface area contributed by atoms with Crippen LogP contribution in [0.4, 0.5) is 0 Å². The molecule has 2 heteroatoms. The standard InChI is InChI=1S/C9H8O2.C9H10/c1-7(9(10)11)8-5-3-2-4-6-8;1-2-6-9-7-4-3-5-8-9/h2-6H,1H2,(H,10,11);2-5,7-8H,1,6H2. The fourth-order valence-electron chi connectivity index (χ4n) is 1.54. The van der Waals surface area contributed by atoms with Gasteiger partial charge in [0.1, 0.15) is 0 Å². The van der Waals surface area contributed by atoms with E-state index >= 15 is 0 Å². The molecule has 102 valence electrons. The average Bonchev–Trinajstić information content (AvgIpc) is 2.49. The fourth-order valence-corrected chi connectivity index (χ4v) is 1.54. The number of allylic oxidation sites excluding steroid dienone is 1. The van der Waals surface area contributed by atoms with E-state index in [1.54, 1.807) is 24.3 Å². The Labute approximate surface area is 119 Å². The first-order chi connectivity index (χ1) is 9.65. The van der Waals surface area contributed by atoms with Crippen LogP contribution < -0.4 is 0 Å². The van der Waals surface area contributed by atoms with Gasteiger partial charge in [-0.05, 0) is 17.5 Å². The highest BCUT2D eigenvalue weighted by atomic mass is 16.4. The van der Waals surface area contributed by atoms with Crippen LogP contribution in [-0.4, -0.2) is 11.1 Å². The predicted molar refractivity (Wildman–Crippen MR) is 83.5 cm³/mol. The molecule has 0 aromatic heterocycles. The molecule has 0 bridgehead atoms. The molecule has 0 heterocycles. The number of hydrogen-bond acceptors (Lipinski definition) is 1. The minimum Gasteiger partial charge on any atom is -0.478 e. The molecule has 0 atom stereocenters. The molecular weight excluding hydrogens is 248 g/mol. The van der Waals surface area contributed by atoms with Crippen LogP contribution in [0.1, 0.15) is 11.1 Å². The second kappa shape index (κ2) is 8.48. The Morgan fingerprint density at radius 1 is 1.00 bits per heavy atom. The first-order valence-corrected chi connectivity index (χ1v) is 6.27. The molecule has 0 fully saturated rings. The lowest BCUT2D eigenvalue weighted by molar-refractivity contribution is -0.130. The molecule has 2 aromatic rings. The first kappa shape index (κ1) is 15.4. The summed E-state index contributed by atoms with van der Waals surface area (Å²) in [5.41, 5.74) is 2.11. The van der Waals surface area contributed by atoms with Crippen LogP contribution in [0.15, 0.2) is 79.9 Å². The molecular formula is C18H18O2. The number of hydrogen-bond donors (Lipinski definition) is 1. The molecule has 2 rings (SSSR count). The van der Waals surface area contributed by atoms with Gasteiger partial charge in [0.05, 0.1) is 5.57 Å². The molecule has 20 heavy (non-hydrogen) atoms. The molecule has 0 spiro atoms. The van der Waals surface area contributed by atoms with Crippen LogP contribution in [0.5, 0.6) is 0 Å². The molecule has 0 unspecified atom stereocenters. The maximum atomic E-state index is 10.4. The van der Waals surface area contributed by atoms with E-state index in [9.17, 15) is 4.79 Å². The van der Waals surface area contributed by atoms with Crippen molar-refractivity contribution in [2.24, 2.45) is 0 Å². The van der Waals surface area contributed by atoms with Crippen LogP contribution in [-0.2, 0) is 11.2 Å². The molecule has 0 amide bonds. The fraction of sp³-hybridized carbons (Fsp3) is 0.0556. The summed E-state index contributed by atoms with van der Waals surface area (Å²) in [6.07, 6.45) is 2.89. The Morgan fingerprint density at radius 3 is 1.95 bits per heavy atom. The quantitative estimate of drug-likeness (QED) is 0.665. The maximum Gasteiger partial charge on any atom is 0.335 e. The van der Waals surface area contributed by atoms with Gasteiger partial charge in [-0.1, -0.05) is 73.3 Å². The van der Waals surface area contributed by atoms with Gasteiger partial charge in [-0.25, -0.2) is 4.79 Å². The predicted octanol–water partition coefficient (Wildman–Crippen LogP) is 4.20. The number of carbonyl (C=O) groups is 1. The maximum absolute atomic E-state index is 10.4. The van der Waals surface area contributed by atoms with Crippen molar-refractivity contribution in [2.45, 2.75) is 6.42 Å². The van der Waals surface area contributed by atoms with E-state index in [-0.39, 0.29) is 5.57 Å². The summed E-state index contributed by atoms with van der Waals surface area (Å²) in [6, 6.07) is 19.1. The molecule has 0 aliphatic heterocycles. The first-order valence-electron chi connectivity index (χ1n) is 6.27. The zero-order chi connectivity index (χ0) is 14.8. The summed E-state index contributed by atoms with van der Waals surface area (Å²) >= 11 is 0. The molecule has 0 aliphatic rings. The van der Waals surface area contributed by atoms with Crippen molar-refractivity contribution in [1.82, 2.24) is 0 Å². The molecule has 2 aromatic carbocycles. The van der Waals surface area contributed by atoms with Gasteiger partial charge >= 0.3 is 5.97 Å². The summed E-state index contributed by atoms with van der Waals surface area (Å²) in [7, 11) is 0.